The largest absolute Gasteiger partial charge is 0.456 e. The fourth-order valence-electron chi connectivity index (χ4n) is 8.33. The number of fused-ring (bicyclic) bond motifs is 7. The van der Waals surface area contributed by atoms with Crippen LogP contribution in [0.3, 0.4) is 0 Å². The van der Waals surface area contributed by atoms with Crippen LogP contribution in [0.4, 0.5) is 17.1 Å². The van der Waals surface area contributed by atoms with Gasteiger partial charge in [0.1, 0.15) is 11.2 Å². The molecular weight excluding hydrogens is 669 g/mol. The minimum atomic E-state index is 0.896. The van der Waals surface area contributed by atoms with Crippen molar-refractivity contribution in [3.8, 4) is 27.9 Å². The van der Waals surface area contributed by atoms with Crippen LogP contribution in [0.15, 0.2) is 211 Å². The van der Waals surface area contributed by atoms with E-state index >= 15 is 0 Å². The highest BCUT2D eigenvalue weighted by molar-refractivity contribution is 6.14. The molecule has 3 heteroatoms. The van der Waals surface area contributed by atoms with Crippen LogP contribution in [0, 0.1) is 0 Å². The lowest BCUT2D eigenvalue weighted by Crippen LogP contribution is -2.11. The highest BCUT2D eigenvalue weighted by Crippen LogP contribution is 2.44. The number of hydrogen-bond donors (Lipinski definition) is 0. The Bertz CT molecular complexity index is 3180. The average molecular weight is 703 g/mol. The summed E-state index contributed by atoms with van der Waals surface area (Å²) in [4.78, 5) is 2.40. The lowest BCUT2D eigenvalue weighted by molar-refractivity contribution is 0.669. The summed E-state index contributed by atoms with van der Waals surface area (Å²) in [5.41, 5.74) is 13.2. The normalized spacial score (nSPS) is 11.6. The molecule has 2 heterocycles. The molecule has 0 radical (unpaired) electrons. The summed E-state index contributed by atoms with van der Waals surface area (Å²) in [5.74, 6) is 0. The van der Waals surface area contributed by atoms with Crippen molar-refractivity contribution in [2.24, 2.45) is 0 Å². The SMILES string of the molecule is c1ccc(-c2ccc(N(c3ccc(-c4ccc5c(c4)oc4cc6ccccc6cc45)cc3)c3cccc4c5ccccc5n(-c5ccccc5)c34)cc2)cc1. The maximum Gasteiger partial charge on any atom is 0.136 e. The first-order chi connectivity index (χ1) is 27.3. The summed E-state index contributed by atoms with van der Waals surface area (Å²) < 4.78 is 8.85. The second-order valence-electron chi connectivity index (χ2n) is 14.2. The lowest BCUT2D eigenvalue weighted by atomic mass is 10.0. The Morgan fingerprint density at radius 1 is 0.364 bits per heavy atom. The second kappa shape index (κ2) is 12.6. The molecule has 3 nitrogen and oxygen atoms in total. The monoisotopic (exact) mass is 702 g/mol. The molecule has 258 valence electrons. The molecule has 0 spiro atoms. The molecule has 0 atom stereocenters. The van der Waals surface area contributed by atoms with Crippen molar-refractivity contribution in [3.05, 3.63) is 206 Å². The summed E-state index contributed by atoms with van der Waals surface area (Å²) in [6, 6.07) is 73.9. The van der Waals surface area contributed by atoms with Crippen LogP contribution in [0.5, 0.6) is 0 Å². The van der Waals surface area contributed by atoms with Crippen LogP contribution in [-0.2, 0) is 0 Å². The lowest BCUT2D eigenvalue weighted by Gasteiger charge is -2.27. The van der Waals surface area contributed by atoms with Gasteiger partial charge in [-0.3, -0.25) is 0 Å². The fourth-order valence-corrected chi connectivity index (χ4v) is 8.33. The number of rotatable bonds is 6. The summed E-state index contributed by atoms with van der Waals surface area (Å²) in [6.45, 7) is 0. The summed E-state index contributed by atoms with van der Waals surface area (Å²) in [6.07, 6.45) is 0. The van der Waals surface area contributed by atoms with Gasteiger partial charge in [0.2, 0.25) is 0 Å². The van der Waals surface area contributed by atoms with Crippen molar-refractivity contribution in [3.63, 3.8) is 0 Å². The number of aromatic nitrogens is 1. The van der Waals surface area contributed by atoms with E-state index in [1.165, 1.54) is 38.2 Å². The molecule has 2 aromatic heterocycles. The van der Waals surface area contributed by atoms with Gasteiger partial charge in [0.05, 0.1) is 16.7 Å². The Hall–Kier alpha value is -7.36. The highest BCUT2D eigenvalue weighted by Gasteiger charge is 2.21. The Morgan fingerprint density at radius 3 is 1.67 bits per heavy atom. The Morgan fingerprint density at radius 2 is 0.927 bits per heavy atom. The number of furan rings is 1. The zero-order valence-electron chi connectivity index (χ0n) is 29.9. The van der Waals surface area contributed by atoms with E-state index in [0.29, 0.717) is 0 Å². The van der Waals surface area contributed by atoms with Gasteiger partial charge in [-0.05, 0) is 106 Å². The molecule has 0 aliphatic heterocycles. The van der Waals surface area contributed by atoms with Crippen molar-refractivity contribution < 1.29 is 4.42 Å². The molecule has 0 saturated heterocycles. The van der Waals surface area contributed by atoms with E-state index in [-0.39, 0.29) is 0 Å². The molecule has 0 unspecified atom stereocenters. The van der Waals surface area contributed by atoms with E-state index < -0.39 is 0 Å². The molecule has 11 aromatic rings. The van der Waals surface area contributed by atoms with E-state index in [1.54, 1.807) is 0 Å². The van der Waals surface area contributed by atoms with Crippen LogP contribution in [0.25, 0.3) is 82.5 Å². The predicted molar refractivity (Wildman–Crippen MR) is 231 cm³/mol. The third-order valence-electron chi connectivity index (χ3n) is 11.0. The standard InChI is InChI=1S/C52H34N2O/c1-3-12-35(13-4-1)36-22-27-42(28-23-36)53(49-21-11-19-46-44-18-9-10-20-48(44)54(52(46)49)41-16-5-2-6-17-41)43-29-24-37(25-30-43)40-26-31-45-47-32-38-14-7-8-15-39(38)33-51(47)55-50(45)34-40/h1-34H. The minimum absolute atomic E-state index is 0.896. The summed E-state index contributed by atoms with van der Waals surface area (Å²) in [5, 5.41) is 7.12. The van der Waals surface area contributed by atoms with Gasteiger partial charge in [-0.2, -0.15) is 0 Å². The van der Waals surface area contributed by atoms with Crippen LogP contribution in [-0.4, -0.2) is 4.57 Å². The molecule has 0 aliphatic rings. The van der Waals surface area contributed by atoms with Crippen LogP contribution >= 0.6 is 0 Å². The summed E-state index contributed by atoms with van der Waals surface area (Å²) >= 11 is 0. The first-order valence-electron chi connectivity index (χ1n) is 18.8. The number of nitrogens with zero attached hydrogens (tertiary/aromatic N) is 2. The predicted octanol–water partition coefficient (Wildman–Crippen LogP) is 14.6. The van der Waals surface area contributed by atoms with Gasteiger partial charge in [-0.1, -0.05) is 133 Å². The molecule has 0 fully saturated rings. The molecule has 9 aromatic carbocycles. The van der Waals surface area contributed by atoms with Crippen LogP contribution < -0.4 is 4.90 Å². The van der Waals surface area contributed by atoms with Crippen molar-refractivity contribution in [1.29, 1.82) is 0 Å². The maximum atomic E-state index is 6.44. The third kappa shape index (κ3) is 5.20. The van der Waals surface area contributed by atoms with E-state index in [9.17, 15) is 0 Å². The number of benzene rings is 9. The Kier molecular flexibility index (Phi) is 7.17. The first kappa shape index (κ1) is 31.2. The van der Waals surface area contributed by atoms with Crippen LogP contribution in [0.2, 0.25) is 0 Å². The Labute approximate surface area is 318 Å². The molecule has 0 aliphatic carbocycles. The maximum absolute atomic E-state index is 6.44. The fraction of sp³-hybridized carbons (Fsp3) is 0. The molecule has 0 amide bonds. The Balaban J connectivity index is 1.07. The van der Waals surface area contributed by atoms with Crippen molar-refractivity contribution in [2.75, 3.05) is 4.90 Å². The smallest absolute Gasteiger partial charge is 0.136 e. The third-order valence-corrected chi connectivity index (χ3v) is 11.0. The zero-order chi connectivity index (χ0) is 36.3. The number of hydrogen-bond acceptors (Lipinski definition) is 2. The average Bonchev–Trinajstić information content (AvgIpc) is 3.79. The van der Waals surface area contributed by atoms with Gasteiger partial charge in [-0.25, -0.2) is 0 Å². The van der Waals surface area contributed by atoms with E-state index in [4.69, 9.17) is 4.42 Å². The van der Waals surface area contributed by atoms with Gasteiger partial charge in [0.15, 0.2) is 0 Å². The van der Waals surface area contributed by atoms with E-state index in [2.05, 4.69) is 216 Å². The van der Waals surface area contributed by atoms with Gasteiger partial charge in [0.25, 0.3) is 0 Å². The molecule has 11 rings (SSSR count). The highest BCUT2D eigenvalue weighted by atomic mass is 16.3. The zero-order valence-corrected chi connectivity index (χ0v) is 29.9. The minimum Gasteiger partial charge on any atom is -0.456 e. The van der Waals surface area contributed by atoms with Crippen molar-refractivity contribution in [2.45, 2.75) is 0 Å². The quantitative estimate of drug-likeness (QED) is 0.172. The van der Waals surface area contributed by atoms with Gasteiger partial charge in [0, 0.05) is 38.6 Å². The second-order valence-corrected chi connectivity index (χ2v) is 14.2. The number of para-hydroxylation sites is 3. The van der Waals surface area contributed by atoms with E-state index in [1.807, 2.05) is 0 Å². The topological polar surface area (TPSA) is 21.3 Å². The van der Waals surface area contributed by atoms with Crippen LogP contribution in [0.1, 0.15) is 0 Å². The first-order valence-corrected chi connectivity index (χ1v) is 18.8. The van der Waals surface area contributed by atoms with E-state index in [0.717, 1.165) is 61.3 Å². The molecule has 0 bridgehead atoms. The van der Waals surface area contributed by atoms with Crippen molar-refractivity contribution >= 4 is 71.6 Å². The molecule has 0 saturated carbocycles. The molecular formula is C52H34N2O. The summed E-state index contributed by atoms with van der Waals surface area (Å²) in [7, 11) is 0. The molecule has 0 N–H and O–H groups in total. The van der Waals surface area contributed by atoms with Gasteiger partial charge >= 0.3 is 0 Å². The van der Waals surface area contributed by atoms with Gasteiger partial charge < -0.3 is 13.9 Å². The molecule has 55 heavy (non-hydrogen) atoms. The number of anilines is 3. The van der Waals surface area contributed by atoms with Gasteiger partial charge in [-0.15, -0.1) is 0 Å². The van der Waals surface area contributed by atoms with Crippen molar-refractivity contribution in [1.82, 2.24) is 4.57 Å².